The van der Waals surface area contributed by atoms with Crippen LogP contribution in [0.25, 0.3) is 5.69 Å². The highest BCUT2D eigenvalue weighted by Gasteiger charge is 2.44. The van der Waals surface area contributed by atoms with Crippen LogP contribution in [0, 0.1) is 6.92 Å². The summed E-state index contributed by atoms with van der Waals surface area (Å²) < 4.78 is 7.98. The molecule has 2 unspecified atom stereocenters. The molecule has 2 bridgehead atoms. The van der Waals surface area contributed by atoms with Gasteiger partial charge >= 0.3 is 0 Å². The highest BCUT2D eigenvalue weighted by atomic mass is 16.5. The molecular formula is C23H24N4O2. The normalized spacial score (nSPS) is 23.2. The Morgan fingerprint density at radius 3 is 2.48 bits per heavy atom. The minimum absolute atomic E-state index is 0.0945. The minimum atomic E-state index is 0.0945. The molecule has 2 aliphatic heterocycles. The minimum Gasteiger partial charge on any atom is -0.489 e. The third kappa shape index (κ3) is 3.28. The standard InChI is InChI=1S/C23H24N4O2/c1-16-22(15-25-27(16)17-6-3-2-4-7-17)23(28)26-18-9-10-19(26)13-21(12-18)29-20-8-5-11-24-14-20/h2-8,11,14-15,18-19,21H,9-10,12-13H2,1H3. The Morgan fingerprint density at radius 2 is 1.79 bits per heavy atom. The number of piperidine rings is 1. The zero-order valence-electron chi connectivity index (χ0n) is 16.4. The first-order chi connectivity index (χ1) is 14.2. The van der Waals surface area contributed by atoms with Gasteiger partial charge in [-0.1, -0.05) is 18.2 Å². The molecule has 1 amide bonds. The molecule has 0 radical (unpaired) electrons. The summed E-state index contributed by atoms with van der Waals surface area (Å²) in [6.07, 6.45) is 9.14. The van der Waals surface area contributed by atoms with Gasteiger partial charge in [-0.2, -0.15) is 5.10 Å². The molecule has 0 saturated carbocycles. The van der Waals surface area contributed by atoms with Crippen LogP contribution in [0.2, 0.25) is 0 Å². The van der Waals surface area contributed by atoms with Crippen molar-refractivity contribution in [1.82, 2.24) is 19.7 Å². The van der Waals surface area contributed by atoms with E-state index in [1.54, 1.807) is 18.6 Å². The largest absolute Gasteiger partial charge is 0.489 e. The van der Waals surface area contributed by atoms with Gasteiger partial charge in [0.15, 0.2) is 0 Å². The van der Waals surface area contributed by atoms with E-state index in [1.165, 1.54) is 0 Å². The highest BCUT2D eigenvalue weighted by molar-refractivity contribution is 5.96. The van der Waals surface area contributed by atoms with Crippen molar-refractivity contribution in [2.75, 3.05) is 0 Å². The molecule has 0 spiro atoms. The van der Waals surface area contributed by atoms with Gasteiger partial charge in [-0.3, -0.25) is 9.78 Å². The second kappa shape index (κ2) is 7.35. The smallest absolute Gasteiger partial charge is 0.257 e. The van der Waals surface area contributed by atoms with Crippen molar-refractivity contribution in [3.05, 3.63) is 72.3 Å². The predicted molar refractivity (Wildman–Crippen MR) is 109 cm³/mol. The van der Waals surface area contributed by atoms with Gasteiger partial charge in [0, 0.05) is 31.1 Å². The quantitative estimate of drug-likeness (QED) is 0.682. The monoisotopic (exact) mass is 388 g/mol. The number of carbonyl (C=O) groups excluding carboxylic acids is 1. The number of amides is 1. The second-order valence-electron chi connectivity index (χ2n) is 7.89. The third-order valence-corrected chi connectivity index (χ3v) is 6.10. The van der Waals surface area contributed by atoms with Crippen LogP contribution in [-0.4, -0.2) is 43.8 Å². The number of ether oxygens (including phenoxy) is 1. The van der Waals surface area contributed by atoms with Crippen molar-refractivity contribution in [2.45, 2.75) is 50.8 Å². The SMILES string of the molecule is Cc1c(C(=O)N2C3CCC2CC(Oc2cccnc2)C3)cnn1-c1ccccc1. The molecular weight excluding hydrogens is 364 g/mol. The van der Waals surface area contributed by atoms with Crippen molar-refractivity contribution in [3.8, 4) is 11.4 Å². The zero-order chi connectivity index (χ0) is 19.8. The van der Waals surface area contributed by atoms with E-state index in [1.807, 2.05) is 54.1 Å². The van der Waals surface area contributed by atoms with Crippen LogP contribution in [0.4, 0.5) is 0 Å². The lowest BCUT2D eigenvalue weighted by Crippen LogP contribution is -2.49. The van der Waals surface area contributed by atoms with Crippen LogP contribution in [0.15, 0.2) is 61.1 Å². The molecule has 6 heteroatoms. The number of carbonyl (C=O) groups is 1. The van der Waals surface area contributed by atoms with Gasteiger partial charge in [0.05, 0.1) is 29.3 Å². The second-order valence-corrected chi connectivity index (χ2v) is 7.89. The first-order valence-electron chi connectivity index (χ1n) is 10.2. The Bertz CT molecular complexity index is 988. The summed E-state index contributed by atoms with van der Waals surface area (Å²) in [6, 6.07) is 14.2. The van der Waals surface area contributed by atoms with Crippen LogP contribution >= 0.6 is 0 Å². The maximum absolute atomic E-state index is 13.4. The van der Waals surface area contributed by atoms with E-state index in [2.05, 4.69) is 15.0 Å². The molecule has 29 heavy (non-hydrogen) atoms. The molecule has 2 aromatic heterocycles. The van der Waals surface area contributed by atoms with E-state index < -0.39 is 0 Å². The molecule has 2 aliphatic rings. The molecule has 5 rings (SSSR count). The Kier molecular flexibility index (Phi) is 4.54. The van der Waals surface area contributed by atoms with Crippen LogP contribution in [0.3, 0.4) is 0 Å². The van der Waals surface area contributed by atoms with Gasteiger partial charge in [-0.15, -0.1) is 0 Å². The summed E-state index contributed by atoms with van der Waals surface area (Å²) in [7, 11) is 0. The van der Waals surface area contributed by atoms with E-state index in [4.69, 9.17) is 4.74 Å². The van der Waals surface area contributed by atoms with Crippen molar-refractivity contribution >= 4 is 5.91 Å². The van der Waals surface area contributed by atoms with Crippen molar-refractivity contribution in [1.29, 1.82) is 0 Å². The highest BCUT2D eigenvalue weighted by Crippen LogP contribution is 2.38. The van der Waals surface area contributed by atoms with Crippen molar-refractivity contribution in [2.24, 2.45) is 0 Å². The number of benzene rings is 1. The summed E-state index contributed by atoms with van der Waals surface area (Å²) in [5, 5.41) is 4.48. The summed E-state index contributed by atoms with van der Waals surface area (Å²) in [5.41, 5.74) is 2.54. The molecule has 2 fully saturated rings. The van der Waals surface area contributed by atoms with Crippen LogP contribution in [0.1, 0.15) is 41.7 Å². The van der Waals surface area contributed by atoms with Gasteiger partial charge in [-0.05, 0) is 44.0 Å². The van der Waals surface area contributed by atoms with Gasteiger partial charge in [0.25, 0.3) is 5.91 Å². The van der Waals surface area contributed by atoms with Crippen LogP contribution < -0.4 is 4.74 Å². The van der Waals surface area contributed by atoms with E-state index >= 15 is 0 Å². The summed E-state index contributed by atoms with van der Waals surface area (Å²) in [4.78, 5) is 19.6. The Labute approximate surface area is 170 Å². The molecule has 2 atom stereocenters. The lowest BCUT2D eigenvalue weighted by molar-refractivity contribution is 0.0357. The van der Waals surface area contributed by atoms with Gasteiger partial charge in [0.2, 0.25) is 0 Å². The number of nitrogens with zero attached hydrogens (tertiary/aromatic N) is 4. The van der Waals surface area contributed by atoms with Gasteiger partial charge in [-0.25, -0.2) is 4.68 Å². The summed E-state index contributed by atoms with van der Waals surface area (Å²) >= 11 is 0. The Morgan fingerprint density at radius 1 is 1.03 bits per heavy atom. The zero-order valence-corrected chi connectivity index (χ0v) is 16.4. The number of aromatic nitrogens is 3. The first-order valence-corrected chi connectivity index (χ1v) is 10.2. The number of pyridine rings is 1. The Balaban J connectivity index is 1.34. The van der Waals surface area contributed by atoms with E-state index in [0.29, 0.717) is 5.56 Å². The van der Waals surface area contributed by atoms with E-state index in [-0.39, 0.29) is 24.1 Å². The third-order valence-electron chi connectivity index (χ3n) is 6.10. The molecule has 1 aromatic carbocycles. The molecule has 3 aromatic rings. The molecule has 2 saturated heterocycles. The molecule has 148 valence electrons. The predicted octanol–water partition coefficient (Wildman–Crippen LogP) is 3.79. The van der Waals surface area contributed by atoms with Crippen LogP contribution in [-0.2, 0) is 0 Å². The number of hydrogen-bond acceptors (Lipinski definition) is 4. The number of rotatable bonds is 4. The number of fused-ring (bicyclic) bond motifs is 2. The van der Waals surface area contributed by atoms with E-state index in [0.717, 1.165) is 42.8 Å². The maximum atomic E-state index is 13.4. The maximum Gasteiger partial charge on any atom is 0.257 e. The van der Waals surface area contributed by atoms with Gasteiger partial charge in [0.1, 0.15) is 11.9 Å². The molecule has 6 nitrogen and oxygen atoms in total. The van der Waals surface area contributed by atoms with Gasteiger partial charge < -0.3 is 9.64 Å². The average Bonchev–Trinajstić information content (AvgIpc) is 3.26. The average molecular weight is 388 g/mol. The first kappa shape index (κ1) is 17.9. The molecule has 4 heterocycles. The fourth-order valence-electron chi connectivity index (χ4n) is 4.75. The Hall–Kier alpha value is -3.15. The number of hydrogen-bond donors (Lipinski definition) is 0. The fraction of sp³-hybridized carbons (Fsp3) is 0.348. The topological polar surface area (TPSA) is 60.3 Å². The molecule has 0 aliphatic carbocycles. The summed E-state index contributed by atoms with van der Waals surface area (Å²) in [6.45, 7) is 1.97. The van der Waals surface area contributed by atoms with Crippen LogP contribution in [0.5, 0.6) is 5.75 Å². The lowest BCUT2D eigenvalue weighted by atomic mass is 9.98. The van der Waals surface area contributed by atoms with E-state index in [9.17, 15) is 4.79 Å². The lowest BCUT2D eigenvalue weighted by Gasteiger charge is -2.38. The summed E-state index contributed by atoms with van der Waals surface area (Å²) in [5.74, 6) is 0.897. The fourth-order valence-corrected chi connectivity index (χ4v) is 4.75. The van der Waals surface area contributed by atoms with Crippen molar-refractivity contribution in [3.63, 3.8) is 0 Å². The van der Waals surface area contributed by atoms with Crippen molar-refractivity contribution < 1.29 is 9.53 Å². The number of para-hydroxylation sites is 1. The molecule has 0 N–H and O–H groups in total.